The maximum Gasteiger partial charge on any atom is 0.207 e. The number of halogens is 2. The average Bonchev–Trinajstić information content (AvgIpc) is 2.52. The van der Waals surface area contributed by atoms with E-state index in [9.17, 15) is 8.42 Å². The summed E-state index contributed by atoms with van der Waals surface area (Å²) in [5, 5.41) is 0.601. The Morgan fingerprint density at radius 2 is 1.16 bits per heavy atom. The molecule has 0 spiro atoms. The second-order valence-corrected chi connectivity index (χ2v) is 6.94. The highest BCUT2D eigenvalue weighted by Gasteiger charge is 2.34. The molecule has 0 saturated carbocycles. The van der Waals surface area contributed by atoms with Crippen LogP contribution in [0.3, 0.4) is 0 Å². The van der Waals surface area contributed by atoms with Crippen LogP contribution < -0.4 is 11.5 Å². The fraction of sp³-hybridized carbons (Fsp3) is 0. The lowest BCUT2D eigenvalue weighted by Gasteiger charge is -2.03. The molecule has 1 heterocycles. The molecule has 1 aliphatic rings. The topological polar surface area (TPSA) is 86.2 Å². The second kappa shape index (κ2) is 3.79. The van der Waals surface area contributed by atoms with Crippen LogP contribution >= 0.6 is 23.2 Å². The van der Waals surface area contributed by atoms with E-state index >= 15 is 0 Å². The molecular formula is C12H8Cl2N2O2S. The van der Waals surface area contributed by atoms with Gasteiger partial charge in [-0.15, -0.1) is 0 Å². The van der Waals surface area contributed by atoms with Crippen LogP contribution in [0.1, 0.15) is 0 Å². The van der Waals surface area contributed by atoms with Gasteiger partial charge in [0.25, 0.3) is 0 Å². The van der Waals surface area contributed by atoms with Gasteiger partial charge in [-0.1, -0.05) is 23.2 Å². The maximum atomic E-state index is 12.4. The van der Waals surface area contributed by atoms with Crippen molar-refractivity contribution >= 4 is 44.4 Å². The first kappa shape index (κ1) is 12.6. The largest absolute Gasteiger partial charge is 0.397 e. The van der Waals surface area contributed by atoms with Gasteiger partial charge < -0.3 is 11.5 Å². The molecular weight excluding hydrogens is 307 g/mol. The molecule has 3 rings (SSSR count). The number of hydrogen-bond donors (Lipinski definition) is 2. The molecule has 4 nitrogen and oxygen atoms in total. The van der Waals surface area contributed by atoms with Crippen LogP contribution in [0.5, 0.6) is 0 Å². The van der Waals surface area contributed by atoms with E-state index in [4.69, 9.17) is 34.7 Å². The molecule has 0 fully saturated rings. The second-order valence-electron chi connectivity index (χ2n) is 4.24. The Labute approximate surface area is 119 Å². The SMILES string of the molecule is Nc1cc2c(cc1Cl)-c1cc(Cl)c(N)cc1S2(=O)=O. The van der Waals surface area contributed by atoms with Crippen LogP contribution in [0.25, 0.3) is 11.1 Å². The number of anilines is 2. The molecule has 0 aromatic heterocycles. The molecule has 0 unspecified atom stereocenters. The fourth-order valence-corrected chi connectivity index (χ4v) is 4.17. The van der Waals surface area contributed by atoms with Crippen LogP contribution in [0.15, 0.2) is 34.1 Å². The molecule has 2 aromatic carbocycles. The smallest absolute Gasteiger partial charge is 0.207 e. The lowest BCUT2D eigenvalue weighted by atomic mass is 10.1. The van der Waals surface area contributed by atoms with Gasteiger partial charge in [0.2, 0.25) is 9.84 Å². The third-order valence-electron chi connectivity index (χ3n) is 3.07. The van der Waals surface area contributed by atoms with Gasteiger partial charge in [0.15, 0.2) is 0 Å². The predicted octanol–water partition coefficient (Wildman–Crippen LogP) is 2.97. The van der Waals surface area contributed by atoms with Crippen LogP contribution in [0.2, 0.25) is 10.0 Å². The average molecular weight is 315 g/mol. The zero-order valence-corrected chi connectivity index (χ0v) is 11.8. The molecule has 0 radical (unpaired) electrons. The number of sulfone groups is 1. The minimum Gasteiger partial charge on any atom is -0.397 e. The lowest BCUT2D eigenvalue weighted by molar-refractivity contribution is 0.599. The van der Waals surface area contributed by atoms with Crippen molar-refractivity contribution in [3.05, 3.63) is 34.3 Å². The normalized spacial score (nSPS) is 15.1. The predicted molar refractivity (Wildman–Crippen MR) is 76.2 cm³/mol. The minimum absolute atomic E-state index is 0.131. The van der Waals surface area contributed by atoms with E-state index in [0.29, 0.717) is 21.2 Å². The highest BCUT2D eigenvalue weighted by Crippen LogP contribution is 2.47. The Kier molecular flexibility index (Phi) is 2.51. The van der Waals surface area contributed by atoms with Gasteiger partial charge in [-0.05, 0) is 24.3 Å². The van der Waals surface area contributed by atoms with E-state index in [1.54, 1.807) is 0 Å². The monoisotopic (exact) mass is 314 g/mol. The van der Waals surface area contributed by atoms with E-state index in [1.165, 1.54) is 24.3 Å². The zero-order chi connectivity index (χ0) is 13.9. The van der Waals surface area contributed by atoms with Crippen LogP contribution in [-0.2, 0) is 9.84 Å². The summed E-state index contributed by atoms with van der Waals surface area (Å²) in [6.07, 6.45) is 0. The first-order valence-corrected chi connectivity index (χ1v) is 7.50. The van der Waals surface area contributed by atoms with Crippen molar-refractivity contribution in [2.75, 3.05) is 11.5 Å². The van der Waals surface area contributed by atoms with Gasteiger partial charge >= 0.3 is 0 Å². The molecule has 19 heavy (non-hydrogen) atoms. The number of hydrogen-bond acceptors (Lipinski definition) is 4. The van der Waals surface area contributed by atoms with Crippen molar-refractivity contribution in [2.24, 2.45) is 0 Å². The van der Waals surface area contributed by atoms with Gasteiger partial charge in [-0.3, -0.25) is 0 Å². The number of rotatable bonds is 0. The number of fused-ring (bicyclic) bond motifs is 3. The number of nitrogens with two attached hydrogens (primary N) is 2. The summed E-state index contributed by atoms with van der Waals surface area (Å²) in [5.74, 6) is 0. The summed E-state index contributed by atoms with van der Waals surface area (Å²) in [5.41, 5.74) is 12.8. The molecule has 0 atom stereocenters. The van der Waals surface area contributed by atoms with Gasteiger partial charge in [0, 0.05) is 11.1 Å². The van der Waals surface area contributed by atoms with Crippen molar-refractivity contribution in [3.63, 3.8) is 0 Å². The summed E-state index contributed by atoms with van der Waals surface area (Å²) in [6.45, 7) is 0. The van der Waals surface area contributed by atoms with Gasteiger partial charge in [0.05, 0.1) is 31.2 Å². The summed E-state index contributed by atoms with van der Waals surface area (Å²) in [4.78, 5) is 0.261. The summed E-state index contributed by atoms with van der Waals surface area (Å²) in [7, 11) is -3.62. The Morgan fingerprint density at radius 1 is 0.789 bits per heavy atom. The van der Waals surface area contributed by atoms with E-state index in [2.05, 4.69) is 0 Å². The van der Waals surface area contributed by atoms with Crippen molar-refractivity contribution in [1.82, 2.24) is 0 Å². The molecule has 0 saturated heterocycles. The third-order valence-corrected chi connectivity index (χ3v) is 5.56. The highest BCUT2D eigenvalue weighted by molar-refractivity contribution is 7.92. The minimum atomic E-state index is -3.62. The lowest BCUT2D eigenvalue weighted by Crippen LogP contribution is -1.99. The maximum absolute atomic E-state index is 12.4. The van der Waals surface area contributed by atoms with Crippen LogP contribution in [0, 0.1) is 0 Å². The van der Waals surface area contributed by atoms with Crippen LogP contribution in [0.4, 0.5) is 11.4 Å². The van der Waals surface area contributed by atoms with E-state index in [-0.39, 0.29) is 21.2 Å². The highest BCUT2D eigenvalue weighted by atomic mass is 35.5. The molecule has 4 N–H and O–H groups in total. The van der Waals surface area contributed by atoms with Crippen molar-refractivity contribution in [2.45, 2.75) is 9.79 Å². The van der Waals surface area contributed by atoms with Crippen molar-refractivity contribution < 1.29 is 8.42 Å². The number of benzene rings is 2. The van der Waals surface area contributed by atoms with Gasteiger partial charge in [0.1, 0.15) is 0 Å². The molecule has 2 aromatic rings. The van der Waals surface area contributed by atoms with Crippen molar-refractivity contribution in [1.29, 1.82) is 0 Å². The molecule has 0 amide bonds. The zero-order valence-electron chi connectivity index (χ0n) is 9.44. The number of nitrogen functional groups attached to an aromatic ring is 2. The molecule has 1 aliphatic heterocycles. The Hall–Kier alpha value is -1.43. The summed E-state index contributed by atoms with van der Waals surface area (Å²) < 4.78 is 24.8. The van der Waals surface area contributed by atoms with E-state index in [0.717, 1.165) is 0 Å². The fourth-order valence-electron chi connectivity index (χ4n) is 2.12. The Balaban J connectivity index is 2.48. The summed E-state index contributed by atoms with van der Waals surface area (Å²) in [6, 6.07) is 5.78. The Morgan fingerprint density at radius 3 is 1.53 bits per heavy atom. The first-order valence-electron chi connectivity index (χ1n) is 5.26. The molecule has 0 bridgehead atoms. The standard InChI is InChI=1S/C12H8Cl2N2O2S/c13-7-1-5-6-2-8(14)10(16)4-12(6)19(17,18)11(5)3-9(7)15/h1-4H,15-16H2. The molecule has 0 aliphatic carbocycles. The van der Waals surface area contributed by atoms with Crippen molar-refractivity contribution in [3.8, 4) is 11.1 Å². The molecule has 7 heteroatoms. The molecule has 98 valence electrons. The summed E-state index contributed by atoms with van der Waals surface area (Å²) >= 11 is 11.9. The van der Waals surface area contributed by atoms with Gasteiger partial charge in [-0.25, -0.2) is 8.42 Å². The Bertz CT molecular complexity index is 769. The quantitative estimate of drug-likeness (QED) is 0.624. The van der Waals surface area contributed by atoms with E-state index in [1.807, 2.05) is 0 Å². The van der Waals surface area contributed by atoms with Gasteiger partial charge in [-0.2, -0.15) is 0 Å². The first-order chi connectivity index (χ1) is 8.82. The third kappa shape index (κ3) is 1.62. The van der Waals surface area contributed by atoms with E-state index < -0.39 is 9.84 Å². The van der Waals surface area contributed by atoms with Crippen LogP contribution in [-0.4, -0.2) is 8.42 Å².